The molecule has 0 radical (unpaired) electrons. The molecule has 3 heteroatoms. The molecule has 0 aliphatic heterocycles. The highest BCUT2D eigenvalue weighted by atomic mass is 79.9. The zero-order valence-corrected chi connectivity index (χ0v) is 10.3. The molecule has 0 heterocycles. The molecule has 0 aliphatic rings. The minimum absolute atomic E-state index is 0.552. The molecule has 0 amide bonds. The maximum absolute atomic E-state index is 5.11. The molecule has 1 aromatic rings. The van der Waals surface area contributed by atoms with Gasteiger partial charge in [-0.2, -0.15) is 0 Å². The summed E-state index contributed by atoms with van der Waals surface area (Å²) in [7, 11) is 1.60. The van der Waals surface area contributed by atoms with E-state index in [-0.39, 0.29) is 0 Å². The number of halogens is 1. The second-order valence-corrected chi connectivity index (χ2v) is 4.08. The van der Waals surface area contributed by atoms with Crippen LogP contribution in [0.5, 0.6) is 0 Å². The first-order valence-corrected chi connectivity index (χ1v) is 5.12. The van der Waals surface area contributed by atoms with Gasteiger partial charge in [-0.05, 0) is 43.3 Å². The van der Waals surface area contributed by atoms with E-state index in [1.165, 1.54) is 0 Å². The summed E-state index contributed by atoms with van der Waals surface area (Å²) in [5.74, 6) is 0. The zero-order chi connectivity index (χ0) is 10.0. The highest BCUT2D eigenvalue weighted by molar-refractivity contribution is 9.10. The summed E-state index contributed by atoms with van der Waals surface area (Å²) in [6.07, 6.45) is 0. The molecule has 0 saturated carbocycles. The molecule has 13 heavy (non-hydrogen) atoms. The van der Waals surface area contributed by atoms with Crippen LogP contribution in [0.15, 0.2) is 16.6 Å². The number of hydrogen-bond donors (Lipinski definition) is 0. The van der Waals surface area contributed by atoms with Crippen molar-refractivity contribution in [2.45, 2.75) is 13.8 Å². The van der Waals surface area contributed by atoms with E-state index in [1.807, 2.05) is 26.0 Å². The van der Waals surface area contributed by atoms with Gasteiger partial charge >= 0.3 is 0 Å². The molecule has 1 rings (SSSR count). The standard InChI is InChI=1S/C10H11BrOS/c1-6-4-5-8(11)7(2)9(6)10(13)12-3/h4-5H,1-3H3. The first kappa shape index (κ1) is 10.7. The van der Waals surface area contributed by atoms with Gasteiger partial charge in [-0.1, -0.05) is 22.0 Å². The number of ether oxygens (including phenoxy) is 1. The summed E-state index contributed by atoms with van der Waals surface area (Å²) < 4.78 is 6.13. The Kier molecular flexibility index (Phi) is 3.45. The molecule has 0 unspecified atom stereocenters. The Balaban J connectivity index is 3.33. The highest BCUT2D eigenvalue weighted by Gasteiger charge is 2.10. The number of thiocarbonyl (C=S) groups is 1. The monoisotopic (exact) mass is 258 g/mol. The van der Waals surface area contributed by atoms with Crippen LogP contribution in [0.1, 0.15) is 16.7 Å². The van der Waals surface area contributed by atoms with Crippen LogP contribution in [-0.2, 0) is 4.74 Å². The smallest absolute Gasteiger partial charge is 0.191 e. The fraction of sp³-hybridized carbons (Fsp3) is 0.300. The van der Waals surface area contributed by atoms with Crippen molar-refractivity contribution in [3.8, 4) is 0 Å². The third-order valence-electron chi connectivity index (χ3n) is 2.00. The van der Waals surface area contributed by atoms with Crippen LogP contribution >= 0.6 is 28.1 Å². The second kappa shape index (κ2) is 4.20. The average molecular weight is 259 g/mol. The van der Waals surface area contributed by atoms with Crippen LogP contribution < -0.4 is 0 Å². The quantitative estimate of drug-likeness (QED) is 0.715. The van der Waals surface area contributed by atoms with Crippen molar-refractivity contribution in [1.82, 2.24) is 0 Å². The van der Waals surface area contributed by atoms with Crippen molar-refractivity contribution < 1.29 is 4.74 Å². The molecule has 70 valence electrons. The first-order valence-electron chi connectivity index (χ1n) is 3.92. The van der Waals surface area contributed by atoms with E-state index >= 15 is 0 Å². The summed E-state index contributed by atoms with van der Waals surface area (Å²) in [5.41, 5.74) is 3.30. The van der Waals surface area contributed by atoms with Crippen LogP contribution in [-0.4, -0.2) is 12.2 Å². The predicted octanol–water partition coefficient (Wildman–Crippen LogP) is 3.39. The van der Waals surface area contributed by atoms with Gasteiger partial charge in [0.15, 0.2) is 5.05 Å². The fourth-order valence-electron chi connectivity index (χ4n) is 1.24. The second-order valence-electron chi connectivity index (χ2n) is 2.86. The van der Waals surface area contributed by atoms with E-state index < -0.39 is 0 Å². The lowest BCUT2D eigenvalue weighted by atomic mass is 10.0. The zero-order valence-electron chi connectivity index (χ0n) is 7.85. The van der Waals surface area contributed by atoms with Crippen molar-refractivity contribution >= 4 is 33.2 Å². The topological polar surface area (TPSA) is 9.23 Å². The number of hydrogen-bond acceptors (Lipinski definition) is 2. The Morgan fingerprint density at radius 2 is 2.00 bits per heavy atom. The molecule has 0 fully saturated rings. The van der Waals surface area contributed by atoms with Crippen LogP contribution in [0.4, 0.5) is 0 Å². The summed E-state index contributed by atoms with van der Waals surface area (Å²) >= 11 is 8.58. The van der Waals surface area contributed by atoms with Gasteiger partial charge in [-0.3, -0.25) is 0 Å². The number of methoxy groups -OCH3 is 1. The van der Waals surface area contributed by atoms with E-state index in [2.05, 4.69) is 15.9 Å². The van der Waals surface area contributed by atoms with Crippen molar-refractivity contribution in [3.05, 3.63) is 33.3 Å². The van der Waals surface area contributed by atoms with Crippen LogP contribution in [0.3, 0.4) is 0 Å². The van der Waals surface area contributed by atoms with E-state index in [4.69, 9.17) is 17.0 Å². The lowest BCUT2D eigenvalue weighted by Gasteiger charge is -2.11. The molecule has 1 aromatic carbocycles. The molecule has 0 aliphatic carbocycles. The van der Waals surface area contributed by atoms with E-state index in [9.17, 15) is 0 Å². The maximum atomic E-state index is 5.11. The van der Waals surface area contributed by atoms with E-state index in [1.54, 1.807) is 7.11 Å². The summed E-state index contributed by atoms with van der Waals surface area (Å²) in [6, 6.07) is 4.05. The maximum Gasteiger partial charge on any atom is 0.191 e. The van der Waals surface area contributed by atoms with Gasteiger partial charge in [0.2, 0.25) is 0 Å². The molecule has 0 aromatic heterocycles. The molecule has 0 N–H and O–H groups in total. The SMILES string of the molecule is COC(=S)c1c(C)ccc(Br)c1C. The van der Waals surface area contributed by atoms with Crippen molar-refractivity contribution in [1.29, 1.82) is 0 Å². The lowest BCUT2D eigenvalue weighted by Crippen LogP contribution is -2.05. The summed E-state index contributed by atoms with van der Waals surface area (Å²) in [6.45, 7) is 4.05. The van der Waals surface area contributed by atoms with Crippen LogP contribution in [0.2, 0.25) is 0 Å². The minimum atomic E-state index is 0.552. The Hall–Kier alpha value is -0.410. The Labute approximate surface area is 92.2 Å². The minimum Gasteiger partial charge on any atom is -0.486 e. The molecule has 0 bridgehead atoms. The van der Waals surface area contributed by atoms with Crippen molar-refractivity contribution in [2.24, 2.45) is 0 Å². The van der Waals surface area contributed by atoms with Crippen LogP contribution in [0.25, 0.3) is 0 Å². The fourth-order valence-corrected chi connectivity index (χ4v) is 1.88. The number of benzene rings is 1. The van der Waals surface area contributed by atoms with E-state index in [0.717, 1.165) is 21.2 Å². The third kappa shape index (κ3) is 2.09. The molecular formula is C10H11BrOS. The molecule has 0 saturated heterocycles. The Morgan fingerprint density at radius 1 is 1.38 bits per heavy atom. The van der Waals surface area contributed by atoms with Gasteiger partial charge in [-0.25, -0.2) is 0 Å². The molecule has 0 spiro atoms. The van der Waals surface area contributed by atoms with Gasteiger partial charge < -0.3 is 4.74 Å². The van der Waals surface area contributed by atoms with Gasteiger partial charge in [-0.15, -0.1) is 0 Å². The highest BCUT2D eigenvalue weighted by Crippen LogP contribution is 2.23. The third-order valence-corrected chi connectivity index (χ3v) is 3.23. The average Bonchev–Trinajstić information content (AvgIpc) is 2.12. The van der Waals surface area contributed by atoms with Gasteiger partial charge in [0.05, 0.1) is 7.11 Å². The van der Waals surface area contributed by atoms with Crippen molar-refractivity contribution in [3.63, 3.8) is 0 Å². The number of rotatable bonds is 1. The summed E-state index contributed by atoms with van der Waals surface area (Å²) in [5, 5.41) is 0.552. The normalized spacial score (nSPS) is 9.85. The molecular weight excluding hydrogens is 248 g/mol. The number of aryl methyl sites for hydroxylation is 1. The van der Waals surface area contributed by atoms with E-state index in [0.29, 0.717) is 5.05 Å². The Bertz CT molecular complexity index is 347. The lowest BCUT2D eigenvalue weighted by molar-refractivity contribution is 0.415. The Morgan fingerprint density at radius 3 is 2.54 bits per heavy atom. The van der Waals surface area contributed by atoms with Gasteiger partial charge in [0.25, 0.3) is 0 Å². The molecule has 1 nitrogen and oxygen atoms in total. The van der Waals surface area contributed by atoms with Gasteiger partial charge in [0.1, 0.15) is 0 Å². The van der Waals surface area contributed by atoms with Crippen molar-refractivity contribution in [2.75, 3.05) is 7.11 Å². The predicted molar refractivity (Wildman–Crippen MR) is 62.3 cm³/mol. The first-order chi connectivity index (χ1) is 6.07. The summed E-state index contributed by atoms with van der Waals surface area (Å²) in [4.78, 5) is 0. The van der Waals surface area contributed by atoms with Crippen LogP contribution in [0, 0.1) is 13.8 Å². The molecule has 0 atom stereocenters. The largest absolute Gasteiger partial charge is 0.486 e. The van der Waals surface area contributed by atoms with Gasteiger partial charge in [0, 0.05) is 10.0 Å².